The molecule has 1 aliphatic rings. The van der Waals surface area contributed by atoms with Gasteiger partial charge in [-0.3, -0.25) is 0 Å². The Morgan fingerprint density at radius 1 is 1.04 bits per heavy atom. The lowest BCUT2D eigenvalue weighted by atomic mass is 9.99. The summed E-state index contributed by atoms with van der Waals surface area (Å²) in [5, 5.41) is 0. The summed E-state index contributed by atoms with van der Waals surface area (Å²) in [6, 6.07) is 17.4. The number of hydrogen-bond acceptors (Lipinski definition) is 4. The third-order valence-electron chi connectivity index (χ3n) is 4.84. The molecular formula is C21H27NO3S2. The number of rotatable bonds is 8. The van der Waals surface area contributed by atoms with Gasteiger partial charge in [0, 0.05) is 29.4 Å². The van der Waals surface area contributed by atoms with E-state index < -0.39 is 10.0 Å². The summed E-state index contributed by atoms with van der Waals surface area (Å²) in [7, 11) is -3.53. The van der Waals surface area contributed by atoms with E-state index in [0.29, 0.717) is 24.7 Å². The fourth-order valence-electron chi connectivity index (χ4n) is 3.23. The first-order chi connectivity index (χ1) is 13.0. The van der Waals surface area contributed by atoms with E-state index in [0.717, 1.165) is 36.1 Å². The molecule has 2 aromatic rings. The zero-order chi connectivity index (χ0) is 19.2. The van der Waals surface area contributed by atoms with Crippen molar-refractivity contribution in [3.8, 4) is 0 Å². The van der Waals surface area contributed by atoms with Crippen LogP contribution < -0.4 is 4.72 Å². The second kappa shape index (κ2) is 9.24. The molecule has 1 aliphatic heterocycles. The zero-order valence-electron chi connectivity index (χ0n) is 15.7. The third-order valence-corrected chi connectivity index (χ3v) is 7.75. The Hall–Kier alpha value is -1.34. The van der Waals surface area contributed by atoms with Gasteiger partial charge in [0.25, 0.3) is 0 Å². The van der Waals surface area contributed by atoms with E-state index >= 15 is 0 Å². The van der Waals surface area contributed by atoms with E-state index in [9.17, 15) is 8.42 Å². The van der Waals surface area contributed by atoms with Crippen LogP contribution in [0.1, 0.15) is 31.7 Å². The Morgan fingerprint density at radius 2 is 1.70 bits per heavy atom. The molecule has 0 unspecified atom stereocenters. The highest BCUT2D eigenvalue weighted by Crippen LogP contribution is 2.40. The second-order valence-electron chi connectivity index (χ2n) is 6.93. The van der Waals surface area contributed by atoms with Gasteiger partial charge in [-0.15, -0.1) is 11.8 Å². The van der Waals surface area contributed by atoms with Crippen molar-refractivity contribution < 1.29 is 13.2 Å². The summed E-state index contributed by atoms with van der Waals surface area (Å²) < 4.78 is 33.8. The molecule has 0 aliphatic carbocycles. The molecule has 6 heteroatoms. The number of thioether (sulfide) groups is 1. The topological polar surface area (TPSA) is 55.4 Å². The Morgan fingerprint density at radius 3 is 2.33 bits per heavy atom. The Balaban J connectivity index is 1.72. The van der Waals surface area contributed by atoms with Crippen molar-refractivity contribution in [2.24, 2.45) is 0 Å². The number of hydrogen-bond donors (Lipinski definition) is 1. The van der Waals surface area contributed by atoms with Crippen molar-refractivity contribution in [2.75, 3.05) is 19.8 Å². The quantitative estimate of drug-likeness (QED) is 0.713. The minimum absolute atomic E-state index is 0.186. The van der Waals surface area contributed by atoms with Crippen LogP contribution in [-0.2, 0) is 21.2 Å². The maximum Gasteiger partial charge on any atom is 0.240 e. The van der Waals surface area contributed by atoms with Crippen LogP contribution in [0.5, 0.6) is 0 Å². The van der Waals surface area contributed by atoms with Crippen LogP contribution in [0.15, 0.2) is 64.4 Å². The molecule has 0 bridgehead atoms. The minimum atomic E-state index is -3.53. The Kier molecular flexibility index (Phi) is 6.98. The van der Waals surface area contributed by atoms with Crippen molar-refractivity contribution >= 4 is 21.8 Å². The number of benzene rings is 2. The van der Waals surface area contributed by atoms with Gasteiger partial charge in [-0.1, -0.05) is 43.7 Å². The molecule has 3 rings (SSSR count). The Labute approximate surface area is 166 Å². The van der Waals surface area contributed by atoms with Gasteiger partial charge in [-0.25, -0.2) is 13.1 Å². The van der Waals surface area contributed by atoms with Gasteiger partial charge in [0.1, 0.15) is 0 Å². The summed E-state index contributed by atoms with van der Waals surface area (Å²) in [6.45, 7) is 3.83. The molecule has 0 aromatic heterocycles. The normalized spacial score (nSPS) is 16.9. The molecule has 27 heavy (non-hydrogen) atoms. The summed E-state index contributed by atoms with van der Waals surface area (Å²) in [4.78, 5) is 1.48. The molecular weight excluding hydrogens is 378 g/mol. The first kappa shape index (κ1) is 20.4. The largest absolute Gasteiger partial charge is 0.381 e. The van der Waals surface area contributed by atoms with Crippen LogP contribution in [0.3, 0.4) is 0 Å². The first-order valence-corrected chi connectivity index (χ1v) is 11.7. The summed E-state index contributed by atoms with van der Waals surface area (Å²) >= 11 is 1.75. The predicted octanol–water partition coefficient (Wildman–Crippen LogP) is 4.26. The summed E-state index contributed by atoms with van der Waals surface area (Å²) in [5.41, 5.74) is 1.16. The maximum atomic E-state index is 12.8. The molecule has 0 amide bonds. The molecule has 0 saturated carbocycles. The summed E-state index contributed by atoms with van der Waals surface area (Å²) in [6.07, 6.45) is 3.66. The number of sulfonamides is 1. The predicted molar refractivity (Wildman–Crippen MR) is 111 cm³/mol. The lowest BCUT2D eigenvalue weighted by Gasteiger charge is -2.36. The van der Waals surface area contributed by atoms with Gasteiger partial charge in [-0.2, -0.15) is 0 Å². The van der Waals surface area contributed by atoms with Gasteiger partial charge < -0.3 is 4.74 Å². The van der Waals surface area contributed by atoms with E-state index in [1.54, 1.807) is 23.9 Å². The van der Waals surface area contributed by atoms with Crippen LogP contribution in [0.2, 0.25) is 0 Å². The van der Waals surface area contributed by atoms with E-state index in [2.05, 4.69) is 23.8 Å². The average Bonchev–Trinajstić information content (AvgIpc) is 2.69. The molecule has 1 saturated heterocycles. The highest BCUT2D eigenvalue weighted by Gasteiger charge is 2.35. The van der Waals surface area contributed by atoms with Gasteiger partial charge >= 0.3 is 0 Å². The van der Waals surface area contributed by atoms with Crippen LogP contribution in [0.4, 0.5) is 0 Å². The van der Waals surface area contributed by atoms with Crippen LogP contribution >= 0.6 is 11.8 Å². The molecule has 146 valence electrons. The van der Waals surface area contributed by atoms with Crippen molar-refractivity contribution in [1.29, 1.82) is 0 Å². The zero-order valence-corrected chi connectivity index (χ0v) is 17.3. The van der Waals surface area contributed by atoms with Gasteiger partial charge in [0.05, 0.1) is 4.90 Å². The molecule has 1 heterocycles. The second-order valence-corrected chi connectivity index (χ2v) is 10.2. The minimum Gasteiger partial charge on any atom is -0.381 e. The van der Waals surface area contributed by atoms with Crippen molar-refractivity contribution in [2.45, 2.75) is 47.1 Å². The SMILES string of the molecule is CCCc1ccc(S(=O)(=O)NCC2(Sc3ccccc3)CCOCC2)cc1. The fraction of sp³-hybridized carbons (Fsp3) is 0.429. The van der Waals surface area contributed by atoms with Crippen molar-refractivity contribution in [3.05, 3.63) is 60.2 Å². The molecule has 1 N–H and O–H groups in total. The third kappa shape index (κ3) is 5.57. The standard InChI is InChI=1S/C21H27NO3S2/c1-2-6-18-9-11-20(12-10-18)27(23,24)22-17-21(13-15-25-16-14-21)26-19-7-4-3-5-8-19/h3-5,7-12,22H,2,6,13-17H2,1H3. The summed E-state index contributed by atoms with van der Waals surface area (Å²) in [5.74, 6) is 0. The molecule has 0 spiro atoms. The molecule has 2 aromatic carbocycles. The molecule has 4 nitrogen and oxygen atoms in total. The smallest absolute Gasteiger partial charge is 0.240 e. The number of ether oxygens (including phenoxy) is 1. The van der Waals surface area contributed by atoms with Gasteiger partial charge in [0.15, 0.2) is 0 Å². The van der Waals surface area contributed by atoms with E-state index in [-0.39, 0.29) is 4.75 Å². The monoisotopic (exact) mass is 405 g/mol. The van der Waals surface area contributed by atoms with Crippen molar-refractivity contribution in [1.82, 2.24) is 4.72 Å². The van der Waals surface area contributed by atoms with Crippen LogP contribution in [0, 0.1) is 0 Å². The van der Waals surface area contributed by atoms with E-state index in [1.165, 1.54) is 0 Å². The van der Waals surface area contributed by atoms with Gasteiger partial charge in [-0.05, 0) is 49.1 Å². The van der Waals surface area contributed by atoms with Crippen molar-refractivity contribution in [3.63, 3.8) is 0 Å². The lowest BCUT2D eigenvalue weighted by molar-refractivity contribution is 0.0784. The lowest BCUT2D eigenvalue weighted by Crippen LogP contribution is -2.44. The highest BCUT2D eigenvalue weighted by atomic mass is 32.2. The molecule has 0 atom stereocenters. The first-order valence-electron chi connectivity index (χ1n) is 9.43. The maximum absolute atomic E-state index is 12.8. The molecule has 0 radical (unpaired) electrons. The molecule has 1 fully saturated rings. The van der Waals surface area contributed by atoms with E-state index in [1.807, 2.05) is 30.3 Å². The van der Waals surface area contributed by atoms with Crippen LogP contribution in [0.25, 0.3) is 0 Å². The fourth-order valence-corrected chi connectivity index (χ4v) is 5.76. The highest BCUT2D eigenvalue weighted by molar-refractivity contribution is 8.00. The number of aryl methyl sites for hydroxylation is 1. The van der Waals surface area contributed by atoms with Crippen LogP contribution in [-0.4, -0.2) is 32.9 Å². The number of nitrogens with one attached hydrogen (secondary N) is 1. The van der Waals surface area contributed by atoms with Gasteiger partial charge in [0.2, 0.25) is 10.0 Å². The average molecular weight is 406 g/mol. The Bertz CT molecular complexity index is 814. The van der Waals surface area contributed by atoms with E-state index in [4.69, 9.17) is 4.74 Å².